The Morgan fingerprint density at radius 2 is 1.82 bits per heavy atom. The van der Waals surface area contributed by atoms with E-state index in [9.17, 15) is 13.6 Å². The predicted octanol–water partition coefficient (Wildman–Crippen LogP) is 2.61. The molecule has 86 valence electrons. The Kier molecular flexibility index (Phi) is 3.09. The third-order valence-electron chi connectivity index (χ3n) is 2.14. The van der Waals surface area contributed by atoms with Gasteiger partial charge in [0, 0.05) is 18.0 Å². The minimum absolute atomic E-state index is 0.188. The molecule has 2 aromatic rings. The van der Waals surface area contributed by atoms with Crippen molar-refractivity contribution in [3.63, 3.8) is 0 Å². The average Bonchev–Trinajstić information content (AvgIpc) is 2.36. The number of carbonyl (C=O) groups excluding carboxylic acids is 1. The summed E-state index contributed by atoms with van der Waals surface area (Å²) < 4.78 is 26.2. The highest BCUT2D eigenvalue weighted by Crippen LogP contribution is 2.17. The molecule has 0 saturated heterocycles. The Morgan fingerprint density at radius 3 is 2.53 bits per heavy atom. The van der Waals surface area contributed by atoms with Crippen LogP contribution in [0, 0.1) is 11.6 Å². The summed E-state index contributed by atoms with van der Waals surface area (Å²) in [6.07, 6.45) is 2.88. The van der Waals surface area contributed by atoms with E-state index >= 15 is 0 Å². The number of nitrogens with zero attached hydrogens (tertiary/aromatic N) is 1. The second kappa shape index (κ2) is 4.69. The number of amides is 1. The van der Waals surface area contributed by atoms with Crippen molar-refractivity contribution in [1.29, 1.82) is 0 Å². The molecule has 5 heteroatoms. The Balaban J connectivity index is 2.22. The molecule has 0 saturated carbocycles. The van der Waals surface area contributed by atoms with E-state index in [1.807, 2.05) is 0 Å². The first-order valence-corrected chi connectivity index (χ1v) is 4.84. The fraction of sp³-hybridized carbons (Fsp3) is 0. The van der Waals surface area contributed by atoms with E-state index in [4.69, 9.17) is 0 Å². The lowest BCUT2D eigenvalue weighted by molar-refractivity contribution is 0.102. The monoisotopic (exact) mass is 234 g/mol. The van der Waals surface area contributed by atoms with Gasteiger partial charge in [0.05, 0.1) is 5.69 Å². The molecule has 2 rings (SSSR count). The van der Waals surface area contributed by atoms with E-state index in [2.05, 4.69) is 10.3 Å². The van der Waals surface area contributed by atoms with Crippen molar-refractivity contribution in [1.82, 2.24) is 4.98 Å². The number of nitrogens with one attached hydrogen (secondary N) is 1. The summed E-state index contributed by atoms with van der Waals surface area (Å²) in [4.78, 5) is 15.4. The van der Waals surface area contributed by atoms with Gasteiger partial charge < -0.3 is 5.32 Å². The lowest BCUT2D eigenvalue weighted by atomic mass is 10.2. The first-order valence-electron chi connectivity index (χ1n) is 4.84. The number of rotatable bonds is 2. The van der Waals surface area contributed by atoms with E-state index in [1.54, 1.807) is 0 Å². The zero-order valence-corrected chi connectivity index (χ0v) is 8.65. The highest BCUT2D eigenvalue weighted by molar-refractivity contribution is 6.04. The molecule has 0 spiro atoms. The number of anilines is 1. The fourth-order valence-electron chi connectivity index (χ4n) is 1.30. The molecule has 1 amide bonds. The maximum atomic E-state index is 13.3. The first-order chi connectivity index (χ1) is 8.18. The van der Waals surface area contributed by atoms with Gasteiger partial charge in [0.15, 0.2) is 11.6 Å². The van der Waals surface area contributed by atoms with Gasteiger partial charge in [-0.25, -0.2) is 8.78 Å². The van der Waals surface area contributed by atoms with Crippen molar-refractivity contribution in [2.45, 2.75) is 0 Å². The molecule has 0 bridgehead atoms. The second-order valence-electron chi connectivity index (χ2n) is 3.29. The number of hydrogen-bond donors (Lipinski definition) is 1. The van der Waals surface area contributed by atoms with Crippen LogP contribution in [0.1, 0.15) is 10.4 Å². The first kappa shape index (κ1) is 11.2. The summed E-state index contributed by atoms with van der Waals surface area (Å²) in [7, 11) is 0. The number of hydrogen-bond acceptors (Lipinski definition) is 2. The number of pyridine rings is 1. The zero-order chi connectivity index (χ0) is 12.3. The topological polar surface area (TPSA) is 42.0 Å². The normalized spacial score (nSPS) is 10.0. The van der Waals surface area contributed by atoms with Gasteiger partial charge in [-0.2, -0.15) is 0 Å². The molecule has 0 aliphatic heterocycles. The molecule has 0 fully saturated rings. The highest BCUT2D eigenvalue weighted by atomic mass is 19.2. The van der Waals surface area contributed by atoms with Crippen molar-refractivity contribution >= 4 is 11.6 Å². The molecule has 1 N–H and O–H groups in total. The van der Waals surface area contributed by atoms with Gasteiger partial charge in [0.1, 0.15) is 0 Å². The van der Waals surface area contributed by atoms with Gasteiger partial charge in [-0.1, -0.05) is 6.07 Å². The molecule has 0 aliphatic rings. The Labute approximate surface area is 96.1 Å². The summed E-state index contributed by atoms with van der Waals surface area (Å²) in [5, 5.41) is 2.29. The van der Waals surface area contributed by atoms with Gasteiger partial charge in [-0.05, 0) is 24.3 Å². The number of carbonyl (C=O) groups is 1. The van der Waals surface area contributed by atoms with Gasteiger partial charge in [0.25, 0.3) is 5.91 Å². The van der Waals surface area contributed by atoms with Crippen LogP contribution < -0.4 is 5.32 Å². The maximum absolute atomic E-state index is 13.3. The third-order valence-corrected chi connectivity index (χ3v) is 2.14. The Bertz CT molecular complexity index is 543. The zero-order valence-electron chi connectivity index (χ0n) is 8.65. The molecule has 0 aliphatic carbocycles. The highest BCUT2D eigenvalue weighted by Gasteiger charge is 2.11. The van der Waals surface area contributed by atoms with Crippen LogP contribution in [-0.4, -0.2) is 10.9 Å². The SMILES string of the molecule is O=C(Nc1cccc(F)c1F)c1ccncc1. The molecule has 1 aromatic carbocycles. The predicted molar refractivity (Wildman–Crippen MR) is 58.5 cm³/mol. The van der Waals surface area contributed by atoms with Crippen LogP contribution in [-0.2, 0) is 0 Å². The molecular weight excluding hydrogens is 226 g/mol. The van der Waals surface area contributed by atoms with Crippen LogP contribution >= 0.6 is 0 Å². The maximum Gasteiger partial charge on any atom is 0.255 e. The number of aromatic nitrogens is 1. The Hall–Kier alpha value is -2.30. The third kappa shape index (κ3) is 2.44. The van der Waals surface area contributed by atoms with Crippen molar-refractivity contribution in [2.24, 2.45) is 0 Å². The average molecular weight is 234 g/mol. The quantitative estimate of drug-likeness (QED) is 0.867. The molecule has 3 nitrogen and oxygen atoms in total. The van der Waals surface area contributed by atoms with Gasteiger partial charge in [-0.15, -0.1) is 0 Å². The van der Waals surface area contributed by atoms with Crippen LogP contribution in [0.5, 0.6) is 0 Å². The molecule has 0 unspecified atom stereocenters. The molecule has 1 heterocycles. The summed E-state index contributed by atoms with van der Waals surface area (Å²) in [6.45, 7) is 0. The molecule has 1 aromatic heterocycles. The van der Waals surface area contributed by atoms with Gasteiger partial charge in [0.2, 0.25) is 0 Å². The smallest absolute Gasteiger partial charge is 0.255 e. The van der Waals surface area contributed by atoms with Crippen LogP contribution in [0.4, 0.5) is 14.5 Å². The van der Waals surface area contributed by atoms with Crippen LogP contribution in [0.15, 0.2) is 42.7 Å². The minimum atomic E-state index is -1.07. The van der Waals surface area contributed by atoms with Crippen molar-refractivity contribution in [3.8, 4) is 0 Å². The van der Waals surface area contributed by atoms with E-state index in [1.165, 1.54) is 36.7 Å². The lowest BCUT2D eigenvalue weighted by Gasteiger charge is -2.06. The fourth-order valence-corrected chi connectivity index (χ4v) is 1.30. The lowest BCUT2D eigenvalue weighted by Crippen LogP contribution is -2.13. The van der Waals surface area contributed by atoms with E-state index in [0.717, 1.165) is 6.07 Å². The summed E-state index contributed by atoms with van der Waals surface area (Å²) in [6, 6.07) is 6.55. The number of halogens is 2. The van der Waals surface area contributed by atoms with Crippen LogP contribution in [0.2, 0.25) is 0 Å². The molecule has 0 atom stereocenters. The van der Waals surface area contributed by atoms with Gasteiger partial charge in [-0.3, -0.25) is 9.78 Å². The Morgan fingerprint density at radius 1 is 1.12 bits per heavy atom. The molecular formula is C12H8F2N2O. The summed E-state index contributed by atoms with van der Waals surface area (Å²) >= 11 is 0. The summed E-state index contributed by atoms with van der Waals surface area (Å²) in [5.41, 5.74) is 0.135. The molecule has 17 heavy (non-hydrogen) atoms. The molecule has 0 radical (unpaired) electrons. The van der Waals surface area contributed by atoms with Crippen LogP contribution in [0.25, 0.3) is 0 Å². The van der Waals surface area contributed by atoms with Crippen molar-refractivity contribution < 1.29 is 13.6 Å². The summed E-state index contributed by atoms with van der Waals surface area (Å²) in [5.74, 6) is -2.59. The second-order valence-corrected chi connectivity index (χ2v) is 3.29. The van der Waals surface area contributed by atoms with E-state index in [-0.39, 0.29) is 5.69 Å². The van der Waals surface area contributed by atoms with E-state index < -0.39 is 17.5 Å². The largest absolute Gasteiger partial charge is 0.319 e. The van der Waals surface area contributed by atoms with E-state index in [0.29, 0.717) is 5.56 Å². The number of benzene rings is 1. The van der Waals surface area contributed by atoms with Gasteiger partial charge >= 0.3 is 0 Å². The standard InChI is InChI=1S/C12H8F2N2O/c13-9-2-1-3-10(11(9)14)16-12(17)8-4-6-15-7-5-8/h1-7H,(H,16,17). The van der Waals surface area contributed by atoms with Crippen molar-refractivity contribution in [3.05, 3.63) is 59.9 Å². The van der Waals surface area contributed by atoms with Crippen LogP contribution in [0.3, 0.4) is 0 Å². The van der Waals surface area contributed by atoms with Crippen molar-refractivity contribution in [2.75, 3.05) is 5.32 Å². The minimum Gasteiger partial charge on any atom is -0.319 e.